The minimum atomic E-state index is -1.16. The maximum Gasteiger partial charge on any atom is 0.339 e. The molecule has 1 aromatic carbocycles. The van der Waals surface area contributed by atoms with E-state index in [1.807, 2.05) is 0 Å². The third kappa shape index (κ3) is 2.46. The van der Waals surface area contributed by atoms with Crippen LogP contribution in [-0.4, -0.2) is 18.2 Å². The number of ether oxygens (including phenoxy) is 2. The van der Waals surface area contributed by atoms with Crippen LogP contribution < -0.4 is 9.47 Å². The summed E-state index contributed by atoms with van der Waals surface area (Å²) in [5.41, 5.74) is 0.493. The third-order valence-electron chi connectivity index (χ3n) is 2.47. The van der Waals surface area contributed by atoms with Crippen LogP contribution in [0, 0.1) is 11.3 Å². The summed E-state index contributed by atoms with van der Waals surface area (Å²) in [7, 11) is 1.48. The Hall–Kier alpha value is -2.26. The molecule has 0 atom stereocenters. The van der Waals surface area contributed by atoms with Gasteiger partial charge in [0.25, 0.3) is 0 Å². The van der Waals surface area contributed by atoms with Crippen LogP contribution in [0.5, 0.6) is 11.5 Å². The van der Waals surface area contributed by atoms with Gasteiger partial charge in [-0.1, -0.05) is 15.9 Å². The second kappa shape index (κ2) is 5.16. The molecule has 0 aromatic heterocycles. The maximum absolute atomic E-state index is 11.1. The minimum absolute atomic E-state index is 0.0110. The number of benzene rings is 1. The van der Waals surface area contributed by atoms with Crippen molar-refractivity contribution in [1.82, 2.24) is 0 Å². The largest absolute Gasteiger partial charge is 0.493 e. The molecular formula is C13H8BrNO4. The zero-order chi connectivity index (χ0) is 14.0. The highest BCUT2D eigenvalue weighted by atomic mass is 79.9. The van der Waals surface area contributed by atoms with Crippen LogP contribution in [0.2, 0.25) is 0 Å². The fraction of sp³-hybridized carbons (Fsp3) is 0.0769. The first-order chi connectivity index (χ1) is 9.06. The number of halogens is 1. The van der Waals surface area contributed by atoms with Crippen LogP contribution in [-0.2, 0) is 4.79 Å². The van der Waals surface area contributed by atoms with E-state index in [4.69, 9.17) is 19.8 Å². The number of fused-ring (bicyclic) bond motifs is 1. The van der Waals surface area contributed by atoms with E-state index in [1.54, 1.807) is 18.2 Å². The molecular weight excluding hydrogens is 314 g/mol. The minimum Gasteiger partial charge on any atom is -0.493 e. The van der Waals surface area contributed by atoms with E-state index in [1.165, 1.54) is 13.2 Å². The van der Waals surface area contributed by atoms with Gasteiger partial charge in [-0.05, 0) is 18.2 Å². The molecule has 0 radical (unpaired) electrons. The first-order valence-electron chi connectivity index (χ1n) is 5.17. The van der Waals surface area contributed by atoms with Gasteiger partial charge in [-0.2, -0.15) is 5.26 Å². The van der Waals surface area contributed by atoms with E-state index in [0.29, 0.717) is 17.1 Å². The fourth-order valence-electron chi connectivity index (χ4n) is 1.68. The lowest BCUT2D eigenvalue weighted by molar-refractivity contribution is -0.132. The summed E-state index contributed by atoms with van der Waals surface area (Å²) in [6.45, 7) is 0. The summed E-state index contributed by atoms with van der Waals surface area (Å²) < 4.78 is 11.4. The Morgan fingerprint density at radius 3 is 2.89 bits per heavy atom. The molecule has 19 heavy (non-hydrogen) atoms. The Kier molecular flexibility index (Phi) is 3.58. The number of nitrogens with zero attached hydrogens (tertiary/aromatic N) is 1. The van der Waals surface area contributed by atoms with E-state index < -0.39 is 5.97 Å². The van der Waals surface area contributed by atoms with Crippen LogP contribution >= 0.6 is 15.9 Å². The van der Waals surface area contributed by atoms with E-state index in [0.717, 1.165) is 10.5 Å². The highest BCUT2D eigenvalue weighted by Gasteiger charge is 2.25. The SMILES string of the molecule is COc1cc(Br)cc2c1O/C(=C/C#N)C(C(=O)O)=C2. The van der Waals surface area contributed by atoms with E-state index >= 15 is 0 Å². The van der Waals surface area contributed by atoms with Gasteiger partial charge in [-0.25, -0.2) is 4.79 Å². The first-order valence-corrected chi connectivity index (χ1v) is 5.96. The van der Waals surface area contributed by atoms with Gasteiger partial charge in [0.15, 0.2) is 17.3 Å². The number of methoxy groups -OCH3 is 1. The lowest BCUT2D eigenvalue weighted by atomic mass is 10.0. The molecule has 0 amide bonds. The number of allylic oxidation sites excluding steroid dienone is 1. The van der Waals surface area contributed by atoms with Gasteiger partial charge in [-0.3, -0.25) is 0 Å². The molecule has 2 rings (SSSR count). The van der Waals surface area contributed by atoms with Gasteiger partial charge in [-0.15, -0.1) is 0 Å². The molecule has 0 spiro atoms. The summed E-state index contributed by atoms with van der Waals surface area (Å²) in [4.78, 5) is 11.1. The van der Waals surface area contributed by atoms with E-state index in [2.05, 4.69) is 15.9 Å². The molecule has 1 aromatic rings. The number of carbonyl (C=O) groups is 1. The van der Waals surface area contributed by atoms with Crippen molar-refractivity contribution in [2.75, 3.05) is 7.11 Å². The van der Waals surface area contributed by atoms with Crippen molar-refractivity contribution in [1.29, 1.82) is 5.26 Å². The topological polar surface area (TPSA) is 79.5 Å². The monoisotopic (exact) mass is 321 g/mol. The van der Waals surface area contributed by atoms with Crippen molar-refractivity contribution in [3.8, 4) is 17.6 Å². The van der Waals surface area contributed by atoms with Crippen molar-refractivity contribution >= 4 is 28.0 Å². The Labute approximate surface area is 117 Å². The van der Waals surface area contributed by atoms with Gasteiger partial charge in [0, 0.05) is 10.0 Å². The number of carboxylic acid groups (broad SMARTS) is 1. The molecule has 6 heteroatoms. The van der Waals surface area contributed by atoms with Gasteiger partial charge in [0.1, 0.15) is 5.57 Å². The Bertz CT molecular complexity index is 655. The Morgan fingerprint density at radius 1 is 1.58 bits per heavy atom. The zero-order valence-electron chi connectivity index (χ0n) is 9.81. The number of aliphatic carboxylic acids is 1. The standard InChI is InChI=1S/C13H8BrNO4/c1-18-11-6-8(14)4-7-5-9(13(16)17)10(2-3-15)19-12(7)11/h2,4-6H,1H3,(H,16,17)/b10-2+. The van der Waals surface area contributed by atoms with Gasteiger partial charge in [0.2, 0.25) is 0 Å². The zero-order valence-corrected chi connectivity index (χ0v) is 11.4. The quantitative estimate of drug-likeness (QED) is 0.847. The molecule has 5 nitrogen and oxygen atoms in total. The summed E-state index contributed by atoms with van der Waals surface area (Å²) in [6.07, 6.45) is 2.49. The molecule has 0 unspecified atom stereocenters. The Balaban J connectivity index is 2.67. The Morgan fingerprint density at radius 2 is 2.32 bits per heavy atom. The lowest BCUT2D eigenvalue weighted by Crippen LogP contribution is -2.13. The molecule has 0 saturated heterocycles. The smallest absolute Gasteiger partial charge is 0.339 e. The molecule has 1 heterocycles. The van der Waals surface area contributed by atoms with Crippen LogP contribution in [0.3, 0.4) is 0 Å². The molecule has 1 aliphatic rings. The van der Waals surface area contributed by atoms with Crippen molar-refractivity contribution in [2.45, 2.75) is 0 Å². The fourth-order valence-corrected chi connectivity index (χ4v) is 2.14. The molecule has 96 valence electrons. The molecule has 1 aliphatic heterocycles. The summed E-state index contributed by atoms with van der Waals surface area (Å²) >= 11 is 3.31. The van der Waals surface area contributed by atoms with Crippen LogP contribution in [0.4, 0.5) is 0 Å². The molecule has 0 saturated carbocycles. The van der Waals surface area contributed by atoms with Gasteiger partial charge < -0.3 is 14.6 Å². The predicted molar refractivity (Wildman–Crippen MR) is 70.6 cm³/mol. The highest BCUT2D eigenvalue weighted by molar-refractivity contribution is 9.10. The lowest BCUT2D eigenvalue weighted by Gasteiger charge is -2.20. The predicted octanol–water partition coefficient (Wildman–Crippen LogP) is 2.73. The van der Waals surface area contributed by atoms with Gasteiger partial charge >= 0.3 is 5.97 Å². The number of carboxylic acids is 1. The van der Waals surface area contributed by atoms with Crippen LogP contribution in [0.15, 0.2) is 34.0 Å². The molecule has 0 aliphatic carbocycles. The van der Waals surface area contributed by atoms with Crippen molar-refractivity contribution in [3.63, 3.8) is 0 Å². The number of rotatable bonds is 2. The first kappa shape index (κ1) is 13.2. The average molecular weight is 322 g/mol. The normalized spacial score (nSPS) is 15.0. The second-order valence-electron chi connectivity index (χ2n) is 3.63. The van der Waals surface area contributed by atoms with Crippen molar-refractivity contribution < 1.29 is 19.4 Å². The number of hydrogen-bond donors (Lipinski definition) is 1. The molecule has 0 bridgehead atoms. The highest BCUT2D eigenvalue weighted by Crippen LogP contribution is 2.41. The van der Waals surface area contributed by atoms with E-state index in [9.17, 15) is 4.79 Å². The van der Waals surface area contributed by atoms with Crippen molar-refractivity contribution in [3.05, 3.63) is 39.6 Å². The average Bonchev–Trinajstić information content (AvgIpc) is 2.37. The summed E-state index contributed by atoms with van der Waals surface area (Å²) in [6, 6.07) is 5.17. The van der Waals surface area contributed by atoms with Crippen molar-refractivity contribution in [2.24, 2.45) is 0 Å². The summed E-state index contributed by atoms with van der Waals surface area (Å²) in [5.74, 6) is -0.333. The second-order valence-corrected chi connectivity index (χ2v) is 4.54. The number of nitriles is 1. The van der Waals surface area contributed by atoms with Gasteiger partial charge in [0.05, 0.1) is 19.3 Å². The summed E-state index contributed by atoms with van der Waals surface area (Å²) in [5, 5.41) is 17.8. The maximum atomic E-state index is 11.1. The van der Waals surface area contributed by atoms with Crippen LogP contribution in [0.25, 0.3) is 6.08 Å². The van der Waals surface area contributed by atoms with Crippen LogP contribution in [0.1, 0.15) is 5.56 Å². The van der Waals surface area contributed by atoms with E-state index in [-0.39, 0.29) is 11.3 Å². The number of hydrogen-bond acceptors (Lipinski definition) is 4. The molecule has 1 N–H and O–H groups in total. The third-order valence-corrected chi connectivity index (χ3v) is 2.93. The molecule has 0 fully saturated rings.